The van der Waals surface area contributed by atoms with Gasteiger partial charge in [-0.2, -0.15) is 0 Å². The van der Waals surface area contributed by atoms with Gasteiger partial charge in [0.15, 0.2) is 0 Å². The normalized spacial score (nSPS) is 12.5. The zero-order valence-electron chi connectivity index (χ0n) is 9.72. The molecular weight excluding hydrogens is 315 g/mol. The number of hydrogen-bond acceptors (Lipinski definition) is 3. The Balaban J connectivity index is 2.50. The van der Waals surface area contributed by atoms with E-state index < -0.39 is 17.7 Å². The van der Waals surface area contributed by atoms with E-state index in [2.05, 4.69) is 0 Å². The van der Waals surface area contributed by atoms with E-state index in [9.17, 15) is 8.78 Å². The monoisotopic (exact) mass is 323 g/mol. The summed E-state index contributed by atoms with van der Waals surface area (Å²) in [6.07, 6.45) is 0. The van der Waals surface area contributed by atoms with Crippen LogP contribution in [-0.2, 0) is 0 Å². The summed E-state index contributed by atoms with van der Waals surface area (Å²) in [4.78, 5) is 0. The maximum atomic E-state index is 13.9. The molecule has 102 valence electrons. The third-order valence-electron chi connectivity index (χ3n) is 2.62. The van der Waals surface area contributed by atoms with Crippen molar-refractivity contribution in [1.29, 1.82) is 0 Å². The second-order valence-electron chi connectivity index (χ2n) is 3.76. The molecule has 19 heavy (non-hydrogen) atoms. The number of methoxy groups -OCH3 is 1. The molecule has 2 aromatic rings. The number of nitrogens with two attached hydrogens (primary N) is 1. The summed E-state index contributed by atoms with van der Waals surface area (Å²) in [5.74, 6) is -1.49. The first kappa shape index (κ1) is 14.5. The zero-order chi connectivity index (χ0) is 14.2. The lowest BCUT2D eigenvalue weighted by molar-refractivity contribution is 0.404. The highest BCUT2D eigenvalue weighted by molar-refractivity contribution is 7.20. The standard InChI is InChI=1S/C12H9Cl2F2NOS/c1-18-5-2-7(15)10(8(16)3-5)11(17)6-4-9(13)19-12(6)14/h2-4,11H,17H2,1H3. The number of rotatable bonds is 3. The Labute approximate surface area is 122 Å². The smallest absolute Gasteiger partial charge is 0.134 e. The summed E-state index contributed by atoms with van der Waals surface area (Å²) in [5.41, 5.74) is 5.99. The van der Waals surface area contributed by atoms with Crippen molar-refractivity contribution >= 4 is 34.5 Å². The second kappa shape index (κ2) is 5.63. The molecule has 0 aliphatic carbocycles. The number of hydrogen-bond donors (Lipinski definition) is 1. The number of ether oxygens (including phenoxy) is 1. The number of halogens is 4. The maximum absolute atomic E-state index is 13.9. The summed E-state index contributed by atoms with van der Waals surface area (Å²) in [6.45, 7) is 0. The lowest BCUT2D eigenvalue weighted by Gasteiger charge is -2.14. The highest BCUT2D eigenvalue weighted by Gasteiger charge is 2.23. The molecule has 0 aliphatic heterocycles. The van der Waals surface area contributed by atoms with Crippen molar-refractivity contribution in [3.63, 3.8) is 0 Å². The Morgan fingerprint density at radius 1 is 1.21 bits per heavy atom. The van der Waals surface area contributed by atoms with Crippen LogP contribution in [0.3, 0.4) is 0 Å². The van der Waals surface area contributed by atoms with E-state index in [1.165, 1.54) is 13.2 Å². The van der Waals surface area contributed by atoms with Gasteiger partial charge in [-0.15, -0.1) is 11.3 Å². The summed E-state index contributed by atoms with van der Waals surface area (Å²) in [6, 6.07) is 2.62. The molecule has 1 unspecified atom stereocenters. The number of thiophene rings is 1. The summed E-state index contributed by atoms with van der Waals surface area (Å²) < 4.78 is 33.3. The SMILES string of the molecule is COc1cc(F)c(C(N)c2cc(Cl)sc2Cl)c(F)c1. The molecule has 2 rings (SSSR count). The third-order valence-corrected chi connectivity index (χ3v) is 4.14. The van der Waals surface area contributed by atoms with E-state index in [-0.39, 0.29) is 11.3 Å². The molecule has 0 radical (unpaired) electrons. The van der Waals surface area contributed by atoms with Gasteiger partial charge in [-0.05, 0) is 6.07 Å². The quantitative estimate of drug-likeness (QED) is 0.909. The fourth-order valence-corrected chi connectivity index (χ4v) is 3.25. The van der Waals surface area contributed by atoms with Crippen molar-refractivity contribution in [2.24, 2.45) is 5.73 Å². The van der Waals surface area contributed by atoms with Crippen LogP contribution in [0, 0.1) is 11.6 Å². The molecule has 0 fully saturated rings. The Bertz CT molecular complexity index is 595. The average Bonchev–Trinajstić information content (AvgIpc) is 2.67. The molecule has 1 aromatic heterocycles. The van der Waals surface area contributed by atoms with Crippen molar-refractivity contribution in [3.8, 4) is 5.75 Å². The van der Waals surface area contributed by atoms with Gasteiger partial charge in [0.05, 0.1) is 21.8 Å². The largest absolute Gasteiger partial charge is 0.497 e. The van der Waals surface area contributed by atoms with Crippen LogP contribution in [0.1, 0.15) is 17.2 Å². The molecule has 2 N–H and O–H groups in total. The highest BCUT2D eigenvalue weighted by Crippen LogP contribution is 2.38. The van der Waals surface area contributed by atoms with Gasteiger partial charge in [-0.3, -0.25) is 0 Å². The van der Waals surface area contributed by atoms with Gasteiger partial charge in [-0.25, -0.2) is 8.78 Å². The molecule has 1 heterocycles. The Morgan fingerprint density at radius 3 is 2.21 bits per heavy atom. The molecule has 2 nitrogen and oxygen atoms in total. The molecular formula is C12H9Cl2F2NOS. The first-order valence-electron chi connectivity index (χ1n) is 5.17. The van der Waals surface area contributed by atoms with Gasteiger partial charge in [0, 0.05) is 23.3 Å². The van der Waals surface area contributed by atoms with Gasteiger partial charge < -0.3 is 10.5 Å². The first-order chi connectivity index (χ1) is 8.93. The Morgan fingerprint density at radius 2 is 1.79 bits per heavy atom. The second-order valence-corrected chi connectivity index (χ2v) is 6.05. The molecule has 0 saturated carbocycles. The molecule has 1 aromatic carbocycles. The van der Waals surface area contributed by atoms with E-state index >= 15 is 0 Å². The zero-order valence-corrected chi connectivity index (χ0v) is 12.0. The Hall–Kier alpha value is -0.880. The average molecular weight is 324 g/mol. The predicted octanol–water partition coefficient (Wildman–Crippen LogP) is 4.39. The fourth-order valence-electron chi connectivity index (χ4n) is 1.70. The molecule has 7 heteroatoms. The minimum Gasteiger partial charge on any atom is -0.497 e. The minimum absolute atomic E-state index is 0.0837. The fraction of sp³-hybridized carbons (Fsp3) is 0.167. The molecule has 0 saturated heterocycles. The van der Waals surface area contributed by atoms with E-state index in [0.29, 0.717) is 14.2 Å². The molecule has 0 spiro atoms. The van der Waals surface area contributed by atoms with Crippen molar-refractivity contribution in [3.05, 3.63) is 49.6 Å². The van der Waals surface area contributed by atoms with E-state index in [4.69, 9.17) is 33.7 Å². The van der Waals surface area contributed by atoms with Crippen LogP contribution in [0.2, 0.25) is 8.67 Å². The van der Waals surface area contributed by atoms with Crippen LogP contribution in [-0.4, -0.2) is 7.11 Å². The van der Waals surface area contributed by atoms with E-state index in [1.807, 2.05) is 0 Å². The van der Waals surface area contributed by atoms with Crippen molar-refractivity contribution < 1.29 is 13.5 Å². The van der Waals surface area contributed by atoms with Gasteiger partial charge in [0.2, 0.25) is 0 Å². The van der Waals surface area contributed by atoms with Gasteiger partial charge in [-0.1, -0.05) is 23.2 Å². The van der Waals surface area contributed by atoms with Crippen molar-refractivity contribution in [1.82, 2.24) is 0 Å². The summed E-state index contributed by atoms with van der Waals surface area (Å²) in [5, 5.41) is 0. The van der Waals surface area contributed by atoms with Crippen molar-refractivity contribution in [2.45, 2.75) is 6.04 Å². The predicted molar refractivity (Wildman–Crippen MR) is 73.3 cm³/mol. The molecule has 0 amide bonds. The third kappa shape index (κ3) is 2.84. The minimum atomic E-state index is -1.03. The van der Waals surface area contributed by atoms with Crippen LogP contribution in [0.15, 0.2) is 18.2 Å². The number of benzene rings is 1. The van der Waals surface area contributed by atoms with Crippen LogP contribution < -0.4 is 10.5 Å². The van der Waals surface area contributed by atoms with Gasteiger partial charge in [0.25, 0.3) is 0 Å². The molecule has 0 bridgehead atoms. The Kier molecular flexibility index (Phi) is 4.30. The van der Waals surface area contributed by atoms with Crippen LogP contribution in [0.4, 0.5) is 8.78 Å². The van der Waals surface area contributed by atoms with Crippen LogP contribution in [0.5, 0.6) is 5.75 Å². The lowest BCUT2D eigenvalue weighted by Crippen LogP contribution is -2.15. The van der Waals surface area contributed by atoms with Gasteiger partial charge in [0.1, 0.15) is 17.4 Å². The first-order valence-corrected chi connectivity index (χ1v) is 6.74. The summed E-state index contributed by atoms with van der Waals surface area (Å²) >= 11 is 12.8. The summed E-state index contributed by atoms with van der Waals surface area (Å²) in [7, 11) is 1.32. The van der Waals surface area contributed by atoms with Crippen molar-refractivity contribution in [2.75, 3.05) is 7.11 Å². The van der Waals surface area contributed by atoms with Crippen LogP contribution in [0.25, 0.3) is 0 Å². The highest BCUT2D eigenvalue weighted by atomic mass is 35.5. The van der Waals surface area contributed by atoms with E-state index in [0.717, 1.165) is 23.5 Å². The molecule has 0 aliphatic rings. The maximum Gasteiger partial charge on any atom is 0.134 e. The lowest BCUT2D eigenvalue weighted by atomic mass is 10.0. The van der Waals surface area contributed by atoms with Crippen LogP contribution >= 0.6 is 34.5 Å². The topological polar surface area (TPSA) is 35.2 Å². The van der Waals surface area contributed by atoms with E-state index in [1.54, 1.807) is 0 Å². The van der Waals surface area contributed by atoms with Gasteiger partial charge >= 0.3 is 0 Å². The molecule has 1 atom stereocenters.